The molecule has 7 heteroatoms. The number of urea groups is 1. The van der Waals surface area contributed by atoms with Crippen molar-refractivity contribution in [2.45, 2.75) is 13.0 Å². The van der Waals surface area contributed by atoms with Gasteiger partial charge in [0.2, 0.25) is 0 Å². The van der Waals surface area contributed by atoms with Crippen LogP contribution in [0.4, 0.5) is 10.5 Å². The number of carboxylic acids is 1. The van der Waals surface area contributed by atoms with Crippen molar-refractivity contribution in [2.75, 3.05) is 11.9 Å². The van der Waals surface area contributed by atoms with Crippen molar-refractivity contribution in [1.82, 2.24) is 5.32 Å². The Morgan fingerprint density at radius 2 is 2.11 bits per heavy atom. The number of carbonyl (C=O) groups is 2. The van der Waals surface area contributed by atoms with Gasteiger partial charge in [-0.15, -0.1) is 0 Å². The average molecular weight is 364 g/mol. The highest BCUT2D eigenvalue weighted by Crippen LogP contribution is 2.20. The highest BCUT2D eigenvalue weighted by Gasteiger charge is 2.18. The van der Waals surface area contributed by atoms with Gasteiger partial charge in [-0.2, -0.15) is 0 Å². The summed E-state index contributed by atoms with van der Waals surface area (Å²) in [6, 6.07) is 3.42. The molecule has 0 heterocycles. The lowest BCUT2D eigenvalue weighted by Crippen LogP contribution is -2.45. The molecule has 98 valence electrons. The summed E-state index contributed by atoms with van der Waals surface area (Å²) in [6.07, 6.45) is 0. The number of hydrogen-bond acceptors (Lipinski definition) is 3. The van der Waals surface area contributed by atoms with Crippen LogP contribution in [0.1, 0.15) is 5.56 Å². The molecule has 0 bridgehead atoms. The topological polar surface area (TPSA) is 98.7 Å². The number of benzene rings is 1. The van der Waals surface area contributed by atoms with Gasteiger partial charge in [0.1, 0.15) is 0 Å². The van der Waals surface area contributed by atoms with Gasteiger partial charge in [-0.1, -0.05) is 6.07 Å². The lowest BCUT2D eigenvalue weighted by atomic mass is 10.2. The van der Waals surface area contributed by atoms with E-state index in [0.29, 0.717) is 5.69 Å². The molecule has 0 aliphatic rings. The number of carbonyl (C=O) groups excluding carboxylic acids is 1. The first-order chi connectivity index (χ1) is 8.45. The fourth-order valence-corrected chi connectivity index (χ4v) is 1.74. The van der Waals surface area contributed by atoms with Gasteiger partial charge in [-0.3, -0.25) is 0 Å². The van der Waals surface area contributed by atoms with E-state index in [0.717, 1.165) is 9.13 Å². The summed E-state index contributed by atoms with van der Waals surface area (Å²) < 4.78 is 0.988. The Kier molecular flexibility index (Phi) is 5.35. The molecule has 0 aromatic heterocycles. The van der Waals surface area contributed by atoms with Crippen molar-refractivity contribution >= 4 is 40.3 Å². The van der Waals surface area contributed by atoms with Gasteiger partial charge in [0.15, 0.2) is 6.04 Å². The number of aliphatic carboxylic acids is 1. The van der Waals surface area contributed by atoms with E-state index in [2.05, 4.69) is 33.2 Å². The standard InChI is InChI=1S/C11H13IN2O4/c1-6-7(12)3-2-4-8(6)13-11(18)14-9(5-15)10(16)17/h2-4,9,15H,5H2,1H3,(H,16,17)(H2,13,14,18)/t9-/m1/s1. The molecule has 0 aliphatic carbocycles. The minimum atomic E-state index is -1.31. The van der Waals surface area contributed by atoms with E-state index in [1.807, 2.05) is 13.0 Å². The second kappa shape index (κ2) is 6.55. The predicted octanol–water partition coefficient (Wildman–Crippen LogP) is 1.17. The molecule has 1 atom stereocenters. The summed E-state index contributed by atoms with van der Waals surface area (Å²) in [4.78, 5) is 22.2. The van der Waals surface area contributed by atoms with Crippen LogP contribution in [0.3, 0.4) is 0 Å². The first kappa shape index (κ1) is 14.7. The molecule has 0 aliphatic heterocycles. The lowest BCUT2D eigenvalue weighted by molar-refractivity contribution is -0.140. The van der Waals surface area contributed by atoms with Gasteiger partial charge in [0.25, 0.3) is 0 Å². The molecule has 0 radical (unpaired) electrons. The number of halogens is 1. The van der Waals surface area contributed by atoms with Gasteiger partial charge >= 0.3 is 12.0 Å². The molecule has 0 unspecified atom stereocenters. The zero-order valence-corrected chi connectivity index (χ0v) is 11.8. The van der Waals surface area contributed by atoms with Crippen molar-refractivity contribution in [3.63, 3.8) is 0 Å². The maximum absolute atomic E-state index is 11.6. The van der Waals surface area contributed by atoms with Gasteiger partial charge < -0.3 is 20.8 Å². The molecule has 4 N–H and O–H groups in total. The predicted molar refractivity (Wildman–Crippen MR) is 74.6 cm³/mol. The smallest absolute Gasteiger partial charge is 0.328 e. The highest BCUT2D eigenvalue weighted by molar-refractivity contribution is 14.1. The first-order valence-corrected chi connectivity index (χ1v) is 6.20. The number of carboxylic acid groups (broad SMARTS) is 1. The third-order valence-corrected chi connectivity index (χ3v) is 3.47. The van der Waals surface area contributed by atoms with Crippen LogP contribution in [0, 0.1) is 10.5 Å². The second-order valence-electron chi connectivity index (χ2n) is 3.58. The van der Waals surface area contributed by atoms with Gasteiger partial charge in [0, 0.05) is 9.26 Å². The van der Waals surface area contributed by atoms with Gasteiger partial charge in [0.05, 0.1) is 6.61 Å². The number of hydrogen-bond donors (Lipinski definition) is 4. The third kappa shape index (κ3) is 3.84. The van der Waals surface area contributed by atoms with Crippen molar-refractivity contribution in [1.29, 1.82) is 0 Å². The largest absolute Gasteiger partial charge is 0.480 e. The zero-order valence-electron chi connectivity index (χ0n) is 9.61. The van der Waals surface area contributed by atoms with Crippen LogP contribution in [0.2, 0.25) is 0 Å². The number of anilines is 1. The van der Waals surface area contributed by atoms with Crippen LogP contribution in [0.25, 0.3) is 0 Å². The Bertz CT molecular complexity index is 464. The summed E-state index contributed by atoms with van der Waals surface area (Å²) in [6.45, 7) is 1.19. The summed E-state index contributed by atoms with van der Waals surface area (Å²) in [5.41, 5.74) is 1.49. The molecule has 1 rings (SSSR count). The molecule has 2 amide bonds. The van der Waals surface area contributed by atoms with E-state index in [-0.39, 0.29) is 0 Å². The van der Waals surface area contributed by atoms with Crippen LogP contribution in [-0.2, 0) is 4.79 Å². The van der Waals surface area contributed by atoms with Crippen LogP contribution in [0.5, 0.6) is 0 Å². The molecule has 0 fully saturated rings. The van der Waals surface area contributed by atoms with E-state index >= 15 is 0 Å². The number of rotatable bonds is 4. The fraction of sp³-hybridized carbons (Fsp3) is 0.273. The monoisotopic (exact) mass is 364 g/mol. The van der Waals surface area contributed by atoms with Crippen LogP contribution < -0.4 is 10.6 Å². The molecule has 0 saturated heterocycles. The van der Waals surface area contributed by atoms with Crippen molar-refractivity contribution < 1.29 is 19.8 Å². The Hall–Kier alpha value is -1.35. The van der Waals surface area contributed by atoms with Crippen molar-refractivity contribution in [2.24, 2.45) is 0 Å². The van der Waals surface area contributed by atoms with E-state index in [9.17, 15) is 9.59 Å². The quantitative estimate of drug-likeness (QED) is 0.603. The number of amides is 2. The molecule has 0 spiro atoms. The summed E-state index contributed by atoms with van der Waals surface area (Å²) in [5, 5.41) is 22.2. The summed E-state index contributed by atoms with van der Waals surface area (Å²) in [5.74, 6) is -1.29. The van der Waals surface area contributed by atoms with Crippen molar-refractivity contribution in [3.05, 3.63) is 27.3 Å². The normalized spacial score (nSPS) is 11.7. The molecule has 18 heavy (non-hydrogen) atoms. The Labute approximate surface area is 118 Å². The number of nitrogens with one attached hydrogen (secondary N) is 2. The summed E-state index contributed by atoms with van der Waals surface area (Å²) >= 11 is 2.13. The maximum Gasteiger partial charge on any atom is 0.328 e. The zero-order chi connectivity index (χ0) is 13.7. The van der Waals surface area contributed by atoms with E-state index in [1.54, 1.807) is 12.1 Å². The summed E-state index contributed by atoms with van der Waals surface area (Å²) in [7, 11) is 0. The molecular formula is C11H13IN2O4. The Morgan fingerprint density at radius 1 is 1.44 bits per heavy atom. The molecule has 0 saturated carbocycles. The second-order valence-corrected chi connectivity index (χ2v) is 4.75. The lowest BCUT2D eigenvalue weighted by Gasteiger charge is -2.14. The van der Waals surface area contributed by atoms with Gasteiger partial charge in [-0.05, 0) is 47.2 Å². The minimum absolute atomic E-state index is 0.599. The number of aliphatic hydroxyl groups excluding tert-OH is 1. The fourth-order valence-electron chi connectivity index (χ4n) is 1.25. The van der Waals surface area contributed by atoms with E-state index in [1.165, 1.54) is 0 Å². The highest BCUT2D eigenvalue weighted by atomic mass is 127. The SMILES string of the molecule is Cc1c(I)cccc1NC(=O)N[C@H](CO)C(=O)O. The van der Waals surface area contributed by atoms with Gasteiger partial charge in [-0.25, -0.2) is 9.59 Å². The molecule has 1 aromatic carbocycles. The Morgan fingerprint density at radius 3 is 2.67 bits per heavy atom. The molecule has 6 nitrogen and oxygen atoms in total. The third-order valence-electron chi connectivity index (χ3n) is 2.30. The van der Waals surface area contributed by atoms with E-state index in [4.69, 9.17) is 10.2 Å². The minimum Gasteiger partial charge on any atom is -0.480 e. The maximum atomic E-state index is 11.6. The molecule has 1 aromatic rings. The average Bonchev–Trinajstić information content (AvgIpc) is 2.31. The first-order valence-electron chi connectivity index (χ1n) is 5.12. The van der Waals surface area contributed by atoms with Crippen molar-refractivity contribution in [3.8, 4) is 0 Å². The number of aliphatic hydroxyl groups is 1. The van der Waals surface area contributed by atoms with E-state index < -0.39 is 24.6 Å². The molecular weight excluding hydrogens is 351 g/mol. The van der Waals surface area contributed by atoms with Crippen LogP contribution in [-0.4, -0.2) is 34.9 Å². The Balaban J connectivity index is 2.70. The van der Waals surface area contributed by atoms with Crippen LogP contribution in [0.15, 0.2) is 18.2 Å². The van der Waals surface area contributed by atoms with Crippen LogP contribution >= 0.6 is 22.6 Å².